The maximum Gasteiger partial charge on any atom is 0.213 e. The van der Waals surface area contributed by atoms with Crippen LogP contribution in [-0.4, -0.2) is 0 Å². The first kappa shape index (κ1) is 19.1. The maximum absolute atomic E-state index is 2.48. The minimum atomic E-state index is 0.159. The molecule has 0 amide bonds. The van der Waals surface area contributed by atoms with Gasteiger partial charge in [-0.2, -0.15) is 4.57 Å². The molecule has 1 heterocycles. The first-order valence-electron chi connectivity index (χ1n) is 10.3. The third kappa shape index (κ3) is 4.46. The molecule has 29 heavy (non-hydrogen) atoms. The van der Waals surface area contributed by atoms with Crippen LogP contribution < -0.4 is 4.57 Å². The van der Waals surface area contributed by atoms with Crippen molar-refractivity contribution in [2.75, 3.05) is 0 Å². The molecular weight excluding hydrogens is 350 g/mol. The van der Waals surface area contributed by atoms with Crippen LogP contribution in [0.2, 0.25) is 0 Å². The molecule has 3 aromatic carbocycles. The maximum atomic E-state index is 2.48. The molecule has 0 bridgehead atoms. The van der Waals surface area contributed by atoms with Crippen molar-refractivity contribution in [3.05, 3.63) is 103 Å². The lowest BCUT2D eigenvalue weighted by Gasteiger charge is -2.19. The summed E-state index contributed by atoms with van der Waals surface area (Å²) in [4.78, 5) is 0. The lowest BCUT2D eigenvalue weighted by Crippen LogP contribution is -2.44. The molecule has 0 radical (unpaired) electrons. The van der Waals surface area contributed by atoms with E-state index in [9.17, 15) is 0 Å². The van der Waals surface area contributed by atoms with Crippen LogP contribution >= 0.6 is 0 Å². The minimum Gasteiger partial charge on any atom is -0.191 e. The molecule has 0 aliphatic rings. The van der Waals surface area contributed by atoms with Gasteiger partial charge < -0.3 is 0 Å². The SMILES string of the molecule is CC(C)(C)C[n+]1c(-c2ccccc2)cc(-c2ccccc2)cc1-c1ccccc1. The lowest BCUT2D eigenvalue weighted by atomic mass is 9.93. The van der Waals surface area contributed by atoms with E-state index in [1.165, 1.54) is 33.6 Å². The highest BCUT2D eigenvalue weighted by molar-refractivity contribution is 5.73. The molecule has 0 fully saturated rings. The quantitative estimate of drug-likeness (QED) is 0.336. The normalized spacial score (nSPS) is 11.4. The summed E-state index contributed by atoms with van der Waals surface area (Å²) in [5.41, 5.74) is 7.63. The van der Waals surface area contributed by atoms with Crippen molar-refractivity contribution >= 4 is 0 Å². The number of nitrogens with zero attached hydrogens (tertiary/aromatic N) is 1. The molecule has 0 saturated carbocycles. The van der Waals surface area contributed by atoms with Crippen LogP contribution in [0.1, 0.15) is 20.8 Å². The van der Waals surface area contributed by atoms with Crippen molar-refractivity contribution in [3.63, 3.8) is 0 Å². The topological polar surface area (TPSA) is 3.88 Å². The van der Waals surface area contributed by atoms with Gasteiger partial charge in [-0.3, -0.25) is 0 Å². The number of hydrogen-bond donors (Lipinski definition) is 0. The van der Waals surface area contributed by atoms with Gasteiger partial charge in [-0.1, -0.05) is 87.5 Å². The molecule has 0 aliphatic heterocycles. The van der Waals surface area contributed by atoms with Crippen molar-refractivity contribution in [1.29, 1.82) is 0 Å². The summed E-state index contributed by atoms with van der Waals surface area (Å²) in [5.74, 6) is 0. The smallest absolute Gasteiger partial charge is 0.191 e. The van der Waals surface area contributed by atoms with Gasteiger partial charge in [0.25, 0.3) is 0 Å². The summed E-state index contributed by atoms with van der Waals surface area (Å²) in [6.45, 7) is 7.84. The van der Waals surface area contributed by atoms with Crippen LogP contribution in [0, 0.1) is 5.41 Å². The van der Waals surface area contributed by atoms with E-state index in [1.807, 2.05) is 0 Å². The Labute approximate surface area is 174 Å². The van der Waals surface area contributed by atoms with E-state index in [0.717, 1.165) is 6.54 Å². The van der Waals surface area contributed by atoms with Gasteiger partial charge in [0.2, 0.25) is 11.4 Å². The summed E-state index contributed by atoms with van der Waals surface area (Å²) in [5, 5.41) is 0. The Morgan fingerprint density at radius 1 is 0.517 bits per heavy atom. The lowest BCUT2D eigenvalue weighted by molar-refractivity contribution is -0.687. The van der Waals surface area contributed by atoms with E-state index in [4.69, 9.17) is 0 Å². The van der Waals surface area contributed by atoms with Crippen molar-refractivity contribution in [3.8, 4) is 33.6 Å². The molecule has 0 unspecified atom stereocenters. The van der Waals surface area contributed by atoms with Crippen molar-refractivity contribution in [2.45, 2.75) is 27.3 Å². The Morgan fingerprint density at radius 3 is 1.28 bits per heavy atom. The second-order valence-corrected chi connectivity index (χ2v) is 8.76. The van der Waals surface area contributed by atoms with Crippen LogP contribution in [0.5, 0.6) is 0 Å². The van der Waals surface area contributed by atoms with Crippen LogP contribution in [0.25, 0.3) is 33.6 Å². The molecule has 1 heteroatoms. The highest BCUT2D eigenvalue weighted by Gasteiger charge is 2.27. The fraction of sp³-hybridized carbons (Fsp3) is 0.179. The van der Waals surface area contributed by atoms with Crippen LogP contribution in [0.3, 0.4) is 0 Å². The summed E-state index contributed by atoms with van der Waals surface area (Å²) in [6.07, 6.45) is 0. The molecule has 0 saturated heterocycles. The zero-order chi connectivity index (χ0) is 20.3. The second kappa shape index (κ2) is 8.05. The standard InChI is InChI=1S/C28H28N/c1-28(2,3)21-29-26(23-15-9-5-10-16-23)19-25(22-13-7-4-8-14-22)20-27(29)24-17-11-6-12-18-24/h4-20H,21H2,1-3H3/q+1. The third-order valence-corrected chi connectivity index (χ3v) is 5.04. The van der Waals surface area contributed by atoms with E-state index in [0.29, 0.717) is 0 Å². The molecule has 1 aromatic heterocycles. The predicted molar refractivity (Wildman–Crippen MR) is 122 cm³/mol. The first-order valence-corrected chi connectivity index (χ1v) is 10.3. The Morgan fingerprint density at radius 2 is 0.897 bits per heavy atom. The van der Waals surface area contributed by atoms with E-state index >= 15 is 0 Å². The minimum absolute atomic E-state index is 0.159. The Bertz CT molecular complexity index is 1010. The number of rotatable bonds is 4. The zero-order valence-corrected chi connectivity index (χ0v) is 17.5. The Hall–Kier alpha value is -3.19. The van der Waals surface area contributed by atoms with Gasteiger partial charge >= 0.3 is 0 Å². The first-order chi connectivity index (χ1) is 14.0. The summed E-state index contributed by atoms with van der Waals surface area (Å²) in [6, 6.07) is 36.8. The zero-order valence-electron chi connectivity index (χ0n) is 17.5. The summed E-state index contributed by atoms with van der Waals surface area (Å²) in [7, 11) is 0. The molecule has 0 spiro atoms. The van der Waals surface area contributed by atoms with Crippen LogP contribution in [0.4, 0.5) is 0 Å². The number of benzene rings is 3. The third-order valence-electron chi connectivity index (χ3n) is 5.04. The van der Waals surface area contributed by atoms with Crippen molar-refractivity contribution in [2.24, 2.45) is 5.41 Å². The highest BCUT2D eigenvalue weighted by atomic mass is 15.0. The van der Waals surface area contributed by atoms with Crippen LogP contribution in [-0.2, 0) is 6.54 Å². The average molecular weight is 379 g/mol. The molecule has 4 rings (SSSR count). The summed E-state index contributed by atoms with van der Waals surface area (Å²) >= 11 is 0. The van der Waals surface area contributed by atoms with E-state index < -0.39 is 0 Å². The molecule has 0 aliphatic carbocycles. The second-order valence-electron chi connectivity index (χ2n) is 8.76. The van der Waals surface area contributed by atoms with Crippen molar-refractivity contribution < 1.29 is 4.57 Å². The van der Waals surface area contributed by atoms with Gasteiger partial charge in [0.15, 0.2) is 6.54 Å². The fourth-order valence-electron chi connectivity index (χ4n) is 3.76. The monoisotopic (exact) mass is 378 g/mol. The van der Waals surface area contributed by atoms with E-state index in [-0.39, 0.29) is 5.41 Å². The molecule has 0 N–H and O–H groups in total. The number of pyridine rings is 1. The van der Waals surface area contributed by atoms with Gasteiger partial charge in [-0.15, -0.1) is 0 Å². The number of aromatic nitrogens is 1. The molecular formula is C28H28N+. The largest absolute Gasteiger partial charge is 0.213 e. The van der Waals surface area contributed by atoms with Gasteiger partial charge in [-0.05, 0) is 35.4 Å². The van der Waals surface area contributed by atoms with Crippen LogP contribution in [0.15, 0.2) is 103 Å². The average Bonchev–Trinajstić information content (AvgIpc) is 2.74. The number of hydrogen-bond acceptors (Lipinski definition) is 0. The van der Waals surface area contributed by atoms with E-state index in [2.05, 4.69) is 128 Å². The molecule has 1 nitrogen and oxygen atoms in total. The Balaban J connectivity index is 2.03. The van der Waals surface area contributed by atoms with Gasteiger partial charge in [0, 0.05) is 28.7 Å². The predicted octanol–water partition coefficient (Wildman–Crippen LogP) is 7.02. The van der Waals surface area contributed by atoms with Gasteiger partial charge in [0.1, 0.15) is 0 Å². The molecule has 0 atom stereocenters. The fourth-order valence-corrected chi connectivity index (χ4v) is 3.76. The highest BCUT2D eigenvalue weighted by Crippen LogP contribution is 2.30. The summed E-state index contributed by atoms with van der Waals surface area (Å²) < 4.78 is 2.48. The van der Waals surface area contributed by atoms with Gasteiger partial charge in [-0.25, -0.2) is 0 Å². The van der Waals surface area contributed by atoms with Gasteiger partial charge in [0.05, 0.1) is 0 Å². The molecule has 4 aromatic rings. The van der Waals surface area contributed by atoms with E-state index in [1.54, 1.807) is 0 Å². The molecule has 144 valence electrons. The Kier molecular flexibility index (Phi) is 5.31. The van der Waals surface area contributed by atoms with Crippen molar-refractivity contribution in [1.82, 2.24) is 0 Å².